The van der Waals surface area contributed by atoms with Crippen molar-refractivity contribution in [2.75, 3.05) is 13.2 Å². The summed E-state index contributed by atoms with van der Waals surface area (Å²) in [5.41, 5.74) is 0. The van der Waals surface area contributed by atoms with E-state index < -0.39 is 74.2 Å². The summed E-state index contributed by atoms with van der Waals surface area (Å²) in [6.45, 7) is 3.41. The molecule has 1 fully saturated rings. The molecule has 8 N–H and O–H groups in total. The Balaban J connectivity index is 2.49. The number of hydrogen-bond donors (Lipinski definition) is 8. The summed E-state index contributed by atoms with van der Waals surface area (Å²) >= 11 is 0. The highest BCUT2D eigenvalue weighted by molar-refractivity contribution is 5.80. The van der Waals surface area contributed by atoms with E-state index in [2.05, 4.69) is 31.3 Å². The van der Waals surface area contributed by atoms with Gasteiger partial charge >= 0.3 is 0 Å². The molecule has 1 aliphatic heterocycles. The molecule has 0 aliphatic carbocycles. The van der Waals surface area contributed by atoms with E-state index in [-0.39, 0.29) is 12.8 Å². The second-order valence-corrected chi connectivity index (χ2v) is 16.1. The Morgan fingerprint density at radius 1 is 0.618 bits per heavy atom. The molecule has 1 amide bonds. The minimum Gasteiger partial charge on any atom is -0.394 e. The van der Waals surface area contributed by atoms with Crippen LogP contribution in [0, 0.1) is 0 Å². The summed E-state index contributed by atoms with van der Waals surface area (Å²) in [5.74, 6) is -0.707. The lowest BCUT2D eigenvalue weighted by atomic mass is 9.98. The fourth-order valence-electron chi connectivity index (χ4n) is 7.26. The molecule has 55 heavy (non-hydrogen) atoms. The van der Waals surface area contributed by atoms with Gasteiger partial charge in [-0.25, -0.2) is 0 Å². The molecule has 1 saturated heterocycles. The average Bonchev–Trinajstić information content (AvgIpc) is 3.18. The second-order valence-electron chi connectivity index (χ2n) is 16.1. The monoisotopic (exact) mass is 788 g/mol. The molecule has 0 aromatic heterocycles. The highest BCUT2D eigenvalue weighted by Gasteiger charge is 2.44. The Labute approximate surface area is 334 Å². The van der Waals surface area contributed by atoms with Crippen LogP contribution in [0.3, 0.4) is 0 Å². The zero-order valence-corrected chi connectivity index (χ0v) is 34.9. The predicted molar refractivity (Wildman–Crippen MR) is 219 cm³/mol. The molecule has 11 nitrogen and oxygen atoms in total. The number of ether oxygens (including phenoxy) is 2. The molecule has 1 aliphatic rings. The zero-order chi connectivity index (χ0) is 40.5. The van der Waals surface area contributed by atoms with Crippen molar-refractivity contribution in [2.24, 2.45) is 0 Å². The number of carbonyl (C=O) groups excluding carboxylic acids is 1. The van der Waals surface area contributed by atoms with Crippen LogP contribution in [0.2, 0.25) is 0 Å². The Kier molecular flexibility index (Phi) is 32.9. The number of aliphatic hydroxyl groups excluding tert-OH is 7. The van der Waals surface area contributed by atoms with Gasteiger partial charge in [-0.2, -0.15) is 0 Å². The first-order chi connectivity index (χ1) is 26.7. The van der Waals surface area contributed by atoms with Crippen LogP contribution in [0.1, 0.15) is 194 Å². The van der Waals surface area contributed by atoms with E-state index in [0.29, 0.717) is 12.8 Å². The molecular weight excluding hydrogens is 702 g/mol. The normalized spacial score (nSPS) is 22.5. The number of rotatable bonds is 37. The summed E-state index contributed by atoms with van der Waals surface area (Å²) in [6, 6.07) is -1.18. The van der Waals surface area contributed by atoms with Crippen molar-refractivity contribution in [1.29, 1.82) is 0 Å². The summed E-state index contributed by atoms with van der Waals surface area (Å²) in [6.07, 6.45) is 24.1. The highest BCUT2D eigenvalue weighted by atomic mass is 16.7. The SMILES string of the molecule is CCCCCCCCCCCCCC/C=C/CCCC(O)C(O)C(COC1OC(CO)C(O)C(O)C1O)NC(=O)C(O)CCCCCCCCCCCCC. The third-order valence-corrected chi connectivity index (χ3v) is 11.1. The van der Waals surface area contributed by atoms with Gasteiger partial charge < -0.3 is 50.5 Å². The fourth-order valence-corrected chi connectivity index (χ4v) is 7.26. The van der Waals surface area contributed by atoms with Crippen molar-refractivity contribution in [3.05, 3.63) is 12.2 Å². The van der Waals surface area contributed by atoms with E-state index in [1.54, 1.807) is 0 Å². The number of nitrogens with one attached hydrogen (secondary N) is 1. The highest BCUT2D eigenvalue weighted by Crippen LogP contribution is 2.23. The smallest absolute Gasteiger partial charge is 0.249 e. The van der Waals surface area contributed by atoms with Gasteiger partial charge in [0.1, 0.15) is 36.6 Å². The van der Waals surface area contributed by atoms with Gasteiger partial charge in [0, 0.05) is 0 Å². The molecule has 0 spiro atoms. The lowest BCUT2D eigenvalue weighted by molar-refractivity contribution is -0.303. The molecule has 0 aromatic rings. The molecule has 11 heteroatoms. The standard InChI is InChI=1S/C44H85NO10/c1-3-5-7-9-11-13-15-16-17-18-19-20-22-23-25-27-29-31-36(47)39(49)35(34-54-44-42(52)41(51)40(50)38(33-46)55-44)45-43(53)37(48)32-30-28-26-24-21-14-12-10-8-6-4-2/h23,25,35-42,44,46-52H,3-22,24,26-34H2,1-2H3,(H,45,53)/b25-23+. The first-order valence-electron chi connectivity index (χ1n) is 22.6. The van der Waals surface area contributed by atoms with Crippen molar-refractivity contribution in [1.82, 2.24) is 5.32 Å². The first kappa shape index (κ1) is 51.9. The molecule has 0 radical (unpaired) electrons. The summed E-state index contributed by atoms with van der Waals surface area (Å²) in [4.78, 5) is 13.0. The van der Waals surface area contributed by atoms with Crippen LogP contribution < -0.4 is 5.32 Å². The van der Waals surface area contributed by atoms with E-state index in [0.717, 1.165) is 38.5 Å². The van der Waals surface area contributed by atoms with Crippen molar-refractivity contribution in [3.63, 3.8) is 0 Å². The molecule has 0 bridgehead atoms. The number of amides is 1. The van der Waals surface area contributed by atoms with Crippen molar-refractivity contribution in [3.8, 4) is 0 Å². The van der Waals surface area contributed by atoms with E-state index in [9.17, 15) is 40.5 Å². The molecule has 0 aromatic carbocycles. The summed E-state index contributed by atoms with van der Waals surface area (Å²) < 4.78 is 11.1. The number of unbranched alkanes of at least 4 members (excludes halogenated alkanes) is 23. The van der Waals surface area contributed by atoms with Crippen LogP contribution in [0.5, 0.6) is 0 Å². The van der Waals surface area contributed by atoms with E-state index in [1.165, 1.54) is 116 Å². The molecule has 9 atom stereocenters. The van der Waals surface area contributed by atoms with E-state index >= 15 is 0 Å². The van der Waals surface area contributed by atoms with Crippen LogP contribution >= 0.6 is 0 Å². The van der Waals surface area contributed by atoms with Gasteiger partial charge in [0.15, 0.2) is 6.29 Å². The molecule has 1 rings (SSSR count). The maximum atomic E-state index is 13.0. The molecular formula is C44H85NO10. The van der Waals surface area contributed by atoms with Crippen molar-refractivity contribution >= 4 is 5.91 Å². The number of hydrogen-bond acceptors (Lipinski definition) is 10. The number of allylic oxidation sites excluding steroid dienone is 2. The van der Waals surface area contributed by atoms with Gasteiger partial charge in [-0.1, -0.05) is 167 Å². The number of carbonyl (C=O) groups is 1. The minimum atomic E-state index is -1.66. The third kappa shape index (κ3) is 25.1. The van der Waals surface area contributed by atoms with E-state index in [1.807, 2.05) is 0 Å². The van der Waals surface area contributed by atoms with Crippen LogP contribution in [0.25, 0.3) is 0 Å². The molecule has 1 heterocycles. The maximum Gasteiger partial charge on any atom is 0.249 e. The maximum absolute atomic E-state index is 13.0. The van der Waals surface area contributed by atoms with Crippen LogP contribution in [0.4, 0.5) is 0 Å². The third-order valence-electron chi connectivity index (χ3n) is 11.1. The Bertz CT molecular complexity index is 908. The Morgan fingerprint density at radius 2 is 1.07 bits per heavy atom. The summed E-state index contributed by atoms with van der Waals surface area (Å²) in [7, 11) is 0. The Morgan fingerprint density at radius 3 is 1.56 bits per heavy atom. The average molecular weight is 788 g/mol. The molecule has 9 unspecified atom stereocenters. The van der Waals surface area contributed by atoms with Crippen LogP contribution in [-0.2, 0) is 14.3 Å². The van der Waals surface area contributed by atoms with Gasteiger partial charge in [0.05, 0.1) is 25.4 Å². The molecule has 0 saturated carbocycles. The minimum absolute atomic E-state index is 0.257. The Hall–Kier alpha value is -1.15. The summed E-state index contributed by atoms with van der Waals surface area (Å²) in [5, 5.41) is 75.5. The van der Waals surface area contributed by atoms with Gasteiger partial charge in [-0.15, -0.1) is 0 Å². The van der Waals surface area contributed by atoms with E-state index in [4.69, 9.17) is 9.47 Å². The second kappa shape index (κ2) is 34.9. The largest absolute Gasteiger partial charge is 0.394 e. The lowest BCUT2D eigenvalue weighted by Crippen LogP contribution is -2.60. The van der Waals surface area contributed by atoms with Crippen molar-refractivity contribution in [2.45, 2.75) is 249 Å². The topological polar surface area (TPSA) is 189 Å². The van der Waals surface area contributed by atoms with Gasteiger partial charge in [0.25, 0.3) is 0 Å². The lowest BCUT2D eigenvalue weighted by Gasteiger charge is -2.40. The molecule has 326 valence electrons. The quantitative estimate of drug-likeness (QED) is 0.0243. The fraction of sp³-hybridized carbons (Fsp3) is 0.932. The first-order valence-corrected chi connectivity index (χ1v) is 22.6. The number of aliphatic hydroxyl groups is 7. The van der Waals surface area contributed by atoms with Crippen LogP contribution in [0.15, 0.2) is 12.2 Å². The van der Waals surface area contributed by atoms with Crippen molar-refractivity contribution < 1.29 is 50.0 Å². The predicted octanol–water partition coefficient (Wildman–Crippen LogP) is 6.89. The van der Waals surface area contributed by atoms with Gasteiger partial charge in [-0.3, -0.25) is 4.79 Å². The zero-order valence-electron chi connectivity index (χ0n) is 34.9. The van der Waals surface area contributed by atoms with Gasteiger partial charge in [-0.05, 0) is 38.5 Å². The van der Waals surface area contributed by atoms with Crippen LogP contribution in [-0.4, -0.2) is 110 Å². The van der Waals surface area contributed by atoms with Gasteiger partial charge in [0.2, 0.25) is 5.91 Å².